The number of aromatic nitrogens is 1. The van der Waals surface area contributed by atoms with Crippen LogP contribution in [0, 0.1) is 5.82 Å². The van der Waals surface area contributed by atoms with Crippen LogP contribution in [-0.4, -0.2) is 11.0 Å². The first-order chi connectivity index (χ1) is 15.6. The Balaban J connectivity index is 1.59. The summed E-state index contributed by atoms with van der Waals surface area (Å²) in [6, 6.07) is 16.0. The maximum atomic E-state index is 14.3. The fraction of sp³-hybridized carbons (Fsp3) is 0.357. The minimum atomic E-state index is -0.577. The van der Waals surface area contributed by atoms with E-state index in [4.69, 9.17) is 4.74 Å². The molecule has 0 spiro atoms. The summed E-state index contributed by atoms with van der Waals surface area (Å²) in [5.74, 6) is -1.13. The van der Waals surface area contributed by atoms with Crippen LogP contribution in [0.4, 0.5) is 4.39 Å². The molecule has 0 aliphatic heterocycles. The molecule has 0 atom stereocenters. The van der Waals surface area contributed by atoms with Crippen LogP contribution >= 0.6 is 0 Å². The Labute approximate surface area is 190 Å². The predicted octanol–water partition coefficient (Wildman–Crippen LogP) is 7.57. The van der Waals surface area contributed by atoms with E-state index in [-0.39, 0.29) is 5.75 Å². The Kier molecular flexibility index (Phi) is 8.97. The number of benzene rings is 2. The number of hydrogen-bond donors (Lipinski definition) is 0. The van der Waals surface area contributed by atoms with Gasteiger partial charge in [-0.25, -0.2) is 9.18 Å². The lowest BCUT2D eigenvalue weighted by molar-refractivity contribution is 0.0728. The van der Waals surface area contributed by atoms with E-state index in [1.807, 2.05) is 30.5 Å². The zero-order chi connectivity index (χ0) is 22.8. The lowest BCUT2D eigenvalue weighted by atomic mass is 10.1. The summed E-state index contributed by atoms with van der Waals surface area (Å²) < 4.78 is 19.6. The molecule has 0 aliphatic rings. The summed E-state index contributed by atoms with van der Waals surface area (Å²) >= 11 is 0. The number of nitrogens with zero attached hydrogens (tertiary/aromatic N) is 1. The van der Waals surface area contributed by atoms with Crippen molar-refractivity contribution in [1.82, 2.24) is 4.98 Å². The van der Waals surface area contributed by atoms with E-state index in [0.717, 1.165) is 42.5 Å². The Bertz CT molecular complexity index is 997. The number of unbranched alkanes of at least 4 members (excludes halogenated alkanes) is 4. The summed E-state index contributed by atoms with van der Waals surface area (Å²) in [6.07, 6.45) is 10.8. The Morgan fingerprint density at radius 1 is 0.844 bits per heavy atom. The summed E-state index contributed by atoms with van der Waals surface area (Å²) in [4.78, 5) is 17.0. The fourth-order valence-corrected chi connectivity index (χ4v) is 3.60. The van der Waals surface area contributed by atoms with Crippen molar-refractivity contribution in [2.45, 2.75) is 65.2 Å². The molecule has 0 amide bonds. The van der Waals surface area contributed by atoms with E-state index >= 15 is 0 Å². The lowest BCUT2D eigenvalue weighted by Gasteiger charge is -2.08. The first-order valence-corrected chi connectivity index (χ1v) is 11.7. The molecule has 1 aromatic heterocycles. The Hall–Kier alpha value is -3.01. The average Bonchev–Trinajstić information content (AvgIpc) is 2.82. The Morgan fingerprint density at radius 3 is 2.22 bits per heavy atom. The SMILES string of the molecule is CCCCCCc1ccc(-c2ccc(C(=O)Oc3ccc(CCCC)cc3F)cc2)nc1. The molecule has 4 heteroatoms. The highest BCUT2D eigenvalue weighted by molar-refractivity contribution is 5.91. The van der Waals surface area contributed by atoms with Gasteiger partial charge in [-0.05, 0) is 67.1 Å². The summed E-state index contributed by atoms with van der Waals surface area (Å²) in [5, 5.41) is 0. The van der Waals surface area contributed by atoms with Crippen molar-refractivity contribution >= 4 is 5.97 Å². The van der Waals surface area contributed by atoms with Crippen molar-refractivity contribution < 1.29 is 13.9 Å². The molecule has 3 aromatic rings. The highest BCUT2D eigenvalue weighted by Gasteiger charge is 2.13. The minimum absolute atomic E-state index is 0.0458. The van der Waals surface area contributed by atoms with Crippen LogP contribution in [0.1, 0.15) is 73.9 Å². The van der Waals surface area contributed by atoms with E-state index in [1.54, 1.807) is 12.1 Å². The number of carbonyl (C=O) groups is 1. The third-order valence-electron chi connectivity index (χ3n) is 5.58. The maximum Gasteiger partial charge on any atom is 0.343 e. The van der Waals surface area contributed by atoms with Gasteiger partial charge in [0.05, 0.1) is 11.3 Å². The van der Waals surface area contributed by atoms with Crippen molar-refractivity contribution in [3.63, 3.8) is 0 Å². The molecule has 0 bridgehead atoms. The summed E-state index contributed by atoms with van der Waals surface area (Å²) in [6.45, 7) is 4.31. The van der Waals surface area contributed by atoms with Crippen LogP contribution in [0.2, 0.25) is 0 Å². The molecule has 2 aromatic carbocycles. The van der Waals surface area contributed by atoms with Crippen LogP contribution in [-0.2, 0) is 12.8 Å². The molecule has 0 N–H and O–H groups in total. The molecule has 0 radical (unpaired) electrons. The van der Waals surface area contributed by atoms with E-state index in [0.29, 0.717) is 5.56 Å². The molecule has 0 saturated heterocycles. The van der Waals surface area contributed by atoms with Crippen molar-refractivity contribution in [1.29, 1.82) is 0 Å². The van der Waals surface area contributed by atoms with Crippen molar-refractivity contribution in [2.75, 3.05) is 0 Å². The van der Waals surface area contributed by atoms with Crippen LogP contribution in [0.15, 0.2) is 60.8 Å². The number of esters is 1. The van der Waals surface area contributed by atoms with Gasteiger partial charge in [-0.15, -0.1) is 0 Å². The van der Waals surface area contributed by atoms with Crippen LogP contribution < -0.4 is 4.74 Å². The number of carbonyl (C=O) groups excluding carboxylic acids is 1. The fourth-order valence-electron chi connectivity index (χ4n) is 3.60. The van der Waals surface area contributed by atoms with Crippen molar-refractivity contribution in [2.24, 2.45) is 0 Å². The number of hydrogen-bond acceptors (Lipinski definition) is 3. The van der Waals surface area contributed by atoms with Gasteiger partial charge in [-0.3, -0.25) is 4.98 Å². The second-order valence-corrected chi connectivity index (χ2v) is 8.20. The summed E-state index contributed by atoms with van der Waals surface area (Å²) in [5.41, 5.74) is 4.30. The van der Waals surface area contributed by atoms with Gasteiger partial charge in [0.2, 0.25) is 0 Å². The van der Waals surface area contributed by atoms with Gasteiger partial charge in [-0.1, -0.05) is 63.8 Å². The monoisotopic (exact) mass is 433 g/mol. The quantitative estimate of drug-likeness (QED) is 0.178. The topological polar surface area (TPSA) is 39.2 Å². The zero-order valence-corrected chi connectivity index (χ0v) is 19.1. The molecule has 0 saturated carbocycles. The third-order valence-corrected chi connectivity index (χ3v) is 5.58. The van der Waals surface area contributed by atoms with Gasteiger partial charge in [0.1, 0.15) is 0 Å². The van der Waals surface area contributed by atoms with E-state index in [1.165, 1.54) is 43.4 Å². The summed E-state index contributed by atoms with van der Waals surface area (Å²) in [7, 11) is 0. The largest absolute Gasteiger partial charge is 0.420 e. The van der Waals surface area contributed by atoms with Crippen LogP contribution in [0.5, 0.6) is 5.75 Å². The normalized spacial score (nSPS) is 10.8. The smallest absolute Gasteiger partial charge is 0.343 e. The first-order valence-electron chi connectivity index (χ1n) is 11.7. The molecule has 3 rings (SSSR count). The van der Waals surface area contributed by atoms with Gasteiger partial charge >= 0.3 is 5.97 Å². The zero-order valence-electron chi connectivity index (χ0n) is 19.1. The highest BCUT2D eigenvalue weighted by atomic mass is 19.1. The predicted molar refractivity (Wildman–Crippen MR) is 127 cm³/mol. The van der Waals surface area contributed by atoms with E-state index < -0.39 is 11.8 Å². The molecule has 0 aliphatic carbocycles. The van der Waals surface area contributed by atoms with Gasteiger partial charge < -0.3 is 4.74 Å². The lowest BCUT2D eigenvalue weighted by Crippen LogP contribution is -2.09. The number of aryl methyl sites for hydroxylation is 2. The molecule has 0 unspecified atom stereocenters. The van der Waals surface area contributed by atoms with Crippen molar-refractivity contribution in [3.8, 4) is 17.0 Å². The van der Waals surface area contributed by atoms with Gasteiger partial charge in [-0.2, -0.15) is 0 Å². The second kappa shape index (κ2) is 12.1. The number of ether oxygens (including phenoxy) is 1. The molecule has 1 heterocycles. The van der Waals surface area contributed by atoms with Gasteiger partial charge in [0, 0.05) is 11.8 Å². The standard InChI is InChI=1S/C28H32FNO2/c1-3-5-7-8-10-22-11-17-26(30-20-22)23-13-15-24(16-14-23)28(31)32-27-18-12-21(9-6-4-2)19-25(27)29/h11-20H,3-10H2,1-2H3. The highest BCUT2D eigenvalue weighted by Crippen LogP contribution is 2.22. The van der Waals surface area contributed by atoms with Crippen LogP contribution in [0.3, 0.4) is 0 Å². The van der Waals surface area contributed by atoms with E-state index in [9.17, 15) is 9.18 Å². The van der Waals surface area contributed by atoms with E-state index in [2.05, 4.69) is 24.9 Å². The van der Waals surface area contributed by atoms with Gasteiger partial charge in [0.15, 0.2) is 11.6 Å². The molecule has 3 nitrogen and oxygen atoms in total. The minimum Gasteiger partial charge on any atom is -0.420 e. The second-order valence-electron chi connectivity index (χ2n) is 8.20. The third kappa shape index (κ3) is 6.74. The van der Waals surface area contributed by atoms with Gasteiger partial charge in [0.25, 0.3) is 0 Å². The molecular formula is C28H32FNO2. The first kappa shape index (κ1) is 23.6. The number of rotatable bonds is 11. The number of pyridine rings is 1. The maximum absolute atomic E-state index is 14.3. The molecular weight excluding hydrogens is 401 g/mol. The molecule has 0 fully saturated rings. The molecule has 32 heavy (non-hydrogen) atoms. The Morgan fingerprint density at radius 2 is 1.56 bits per heavy atom. The average molecular weight is 434 g/mol. The van der Waals surface area contributed by atoms with Crippen LogP contribution in [0.25, 0.3) is 11.3 Å². The molecule has 168 valence electrons. The number of halogens is 1. The van der Waals surface area contributed by atoms with Crippen molar-refractivity contribution in [3.05, 3.63) is 83.3 Å².